The first-order valence-corrected chi connectivity index (χ1v) is 21.5. The molecule has 3 aliphatic rings. The van der Waals surface area contributed by atoms with Gasteiger partial charge in [-0.25, -0.2) is 0 Å². The number of nitrogens with zero attached hydrogens (tertiary/aromatic N) is 1. The summed E-state index contributed by atoms with van der Waals surface area (Å²) in [4.78, 5) is 2.51. The van der Waals surface area contributed by atoms with E-state index in [1.165, 1.54) is 99.4 Å². The van der Waals surface area contributed by atoms with Crippen LogP contribution in [0.2, 0.25) is 0 Å². The van der Waals surface area contributed by atoms with Crippen molar-refractivity contribution in [2.45, 2.75) is 24.7 Å². The van der Waals surface area contributed by atoms with E-state index in [9.17, 15) is 0 Å². The van der Waals surface area contributed by atoms with Crippen LogP contribution in [-0.4, -0.2) is 0 Å². The molecule has 10 aromatic rings. The van der Waals surface area contributed by atoms with Crippen LogP contribution in [0.3, 0.4) is 0 Å². The van der Waals surface area contributed by atoms with Crippen molar-refractivity contribution in [2.75, 3.05) is 4.90 Å². The molecule has 1 heteroatoms. The van der Waals surface area contributed by atoms with Crippen molar-refractivity contribution in [1.29, 1.82) is 0 Å². The van der Waals surface area contributed by atoms with Crippen LogP contribution in [0, 0.1) is 0 Å². The molecule has 1 spiro atoms. The zero-order chi connectivity index (χ0) is 40.5. The first-order chi connectivity index (χ1) is 30.0. The fourth-order valence-electron chi connectivity index (χ4n) is 11.6. The van der Waals surface area contributed by atoms with Gasteiger partial charge in [-0.1, -0.05) is 184 Å². The number of rotatable bonds is 4. The summed E-state index contributed by atoms with van der Waals surface area (Å²) in [5.74, 6) is 0. The molecule has 286 valence electrons. The lowest BCUT2D eigenvalue weighted by Crippen LogP contribution is -2.26. The molecule has 0 radical (unpaired) electrons. The van der Waals surface area contributed by atoms with Crippen molar-refractivity contribution in [3.8, 4) is 44.5 Å². The fraction of sp³-hybridized carbons (Fsp3) is 0.0667. The maximum absolute atomic E-state index is 2.51. The third kappa shape index (κ3) is 4.61. The lowest BCUT2D eigenvalue weighted by atomic mass is 9.70. The predicted molar refractivity (Wildman–Crippen MR) is 255 cm³/mol. The Hall–Kier alpha value is -7.48. The number of hydrogen-bond donors (Lipinski definition) is 0. The molecule has 1 nitrogen and oxygen atoms in total. The summed E-state index contributed by atoms with van der Waals surface area (Å²) >= 11 is 0. The van der Waals surface area contributed by atoms with Crippen LogP contribution < -0.4 is 4.90 Å². The summed E-state index contributed by atoms with van der Waals surface area (Å²) < 4.78 is 0. The van der Waals surface area contributed by atoms with Crippen molar-refractivity contribution < 1.29 is 0 Å². The van der Waals surface area contributed by atoms with Gasteiger partial charge >= 0.3 is 0 Å². The molecule has 10 aromatic carbocycles. The van der Waals surface area contributed by atoms with E-state index >= 15 is 0 Å². The zero-order valence-electron chi connectivity index (χ0n) is 34.2. The van der Waals surface area contributed by atoms with Crippen molar-refractivity contribution in [3.63, 3.8) is 0 Å². The molecule has 0 unspecified atom stereocenters. The van der Waals surface area contributed by atoms with Gasteiger partial charge in [-0.05, 0) is 142 Å². The Balaban J connectivity index is 1.07. The maximum Gasteiger partial charge on any atom is 0.0726 e. The van der Waals surface area contributed by atoms with Crippen LogP contribution in [-0.2, 0) is 10.8 Å². The Morgan fingerprint density at radius 1 is 0.328 bits per heavy atom. The van der Waals surface area contributed by atoms with Gasteiger partial charge in [-0.15, -0.1) is 0 Å². The summed E-state index contributed by atoms with van der Waals surface area (Å²) in [6, 6.07) is 79.7. The Kier molecular flexibility index (Phi) is 7.06. The highest BCUT2D eigenvalue weighted by Gasteiger charge is 2.51. The van der Waals surface area contributed by atoms with Crippen LogP contribution in [0.1, 0.15) is 47.2 Å². The molecule has 0 aliphatic heterocycles. The number of fused-ring (bicyclic) bond motifs is 16. The van der Waals surface area contributed by atoms with Gasteiger partial charge < -0.3 is 4.90 Å². The minimum absolute atomic E-state index is 0.249. The Morgan fingerprint density at radius 3 is 1.49 bits per heavy atom. The van der Waals surface area contributed by atoms with E-state index in [2.05, 4.69) is 231 Å². The van der Waals surface area contributed by atoms with Crippen LogP contribution in [0.5, 0.6) is 0 Å². The molecule has 0 bridgehead atoms. The van der Waals surface area contributed by atoms with Gasteiger partial charge in [0.05, 0.1) is 5.41 Å². The van der Waals surface area contributed by atoms with E-state index in [0.29, 0.717) is 0 Å². The van der Waals surface area contributed by atoms with Crippen molar-refractivity contribution >= 4 is 38.6 Å². The average molecular weight is 776 g/mol. The van der Waals surface area contributed by atoms with Crippen LogP contribution in [0.25, 0.3) is 66.1 Å². The van der Waals surface area contributed by atoms with Gasteiger partial charge in [-0.3, -0.25) is 0 Å². The lowest BCUT2D eigenvalue weighted by molar-refractivity contribution is 0.666. The molecular weight excluding hydrogens is 735 g/mol. The third-order valence-electron chi connectivity index (χ3n) is 14.2. The molecule has 0 heterocycles. The molecule has 0 aromatic heterocycles. The minimum atomic E-state index is -0.430. The molecule has 0 fully saturated rings. The third-order valence-corrected chi connectivity index (χ3v) is 14.2. The Bertz CT molecular complexity index is 3400. The second-order valence-electron chi connectivity index (χ2n) is 17.6. The molecule has 13 rings (SSSR count). The molecule has 0 saturated carbocycles. The fourth-order valence-corrected chi connectivity index (χ4v) is 11.6. The molecule has 3 aliphatic carbocycles. The second kappa shape index (κ2) is 12.5. The van der Waals surface area contributed by atoms with Crippen molar-refractivity contribution in [3.05, 3.63) is 246 Å². The van der Waals surface area contributed by atoms with E-state index in [4.69, 9.17) is 0 Å². The Labute approximate surface area is 356 Å². The van der Waals surface area contributed by atoms with E-state index in [0.717, 1.165) is 17.1 Å². The summed E-state index contributed by atoms with van der Waals surface area (Å²) in [6.07, 6.45) is 0. The highest BCUT2D eigenvalue weighted by Crippen LogP contribution is 2.63. The summed E-state index contributed by atoms with van der Waals surface area (Å²) in [7, 11) is 0. The number of anilines is 3. The molecule has 0 saturated heterocycles. The van der Waals surface area contributed by atoms with Gasteiger partial charge in [-0.2, -0.15) is 0 Å². The normalized spacial score (nSPS) is 14.3. The van der Waals surface area contributed by atoms with Gasteiger partial charge in [0.25, 0.3) is 0 Å². The number of benzene rings is 10. The maximum atomic E-state index is 2.51. The van der Waals surface area contributed by atoms with Crippen LogP contribution in [0.15, 0.2) is 212 Å². The van der Waals surface area contributed by atoms with Crippen molar-refractivity contribution in [2.24, 2.45) is 0 Å². The molecule has 61 heavy (non-hydrogen) atoms. The standard InChI is InChI=1S/C60H41N/c1-59(2)55-36-43(31-33-50(55)57-51(39-17-4-3-5-18-39)35-41-20-8-9-21-45(41)58(57)59)61(42-29-28-38-16-6-7-19-40(38)34-42)44-30-32-49-48-24-12-15-27-54(48)60(56(49)37-44)52-25-13-10-22-46(52)47-23-11-14-26-53(47)60/h3-37H,1-2H3. The van der Waals surface area contributed by atoms with Gasteiger partial charge in [0.1, 0.15) is 0 Å². The van der Waals surface area contributed by atoms with E-state index in [1.54, 1.807) is 0 Å². The second-order valence-corrected chi connectivity index (χ2v) is 17.6. The van der Waals surface area contributed by atoms with E-state index < -0.39 is 5.41 Å². The summed E-state index contributed by atoms with van der Waals surface area (Å²) in [5, 5.41) is 5.06. The smallest absolute Gasteiger partial charge is 0.0726 e. The quantitative estimate of drug-likeness (QED) is 0.172. The minimum Gasteiger partial charge on any atom is -0.310 e. The first-order valence-electron chi connectivity index (χ1n) is 21.5. The van der Waals surface area contributed by atoms with Gasteiger partial charge in [0.15, 0.2) is 0 Å². The monoisotopic (exact) mass is 775 g/mol. The predicted octanol–water partition coefficient (Wildman–Crippen LogP) is 15.8. The topological polar surface area (TPSA) is 3.24 Å². The highest BCUT2D eigenvalue weighted by atomic mass is 15.1. The SMILES string of the molecule is CC1(C)c2cc(N(c3ccc4c(c3)C3(c5ccccc5-c5ccccc53)c3ccccc3-4)c3ccc4ccccc4c3)ccc2-c2c(-c3ccccc3)cc3ccccc3c21. The van der Waals surface area contributed by atoms with Crippen molar-refractivity contribution in [1.82, 2.24) is 0 Å². The molecule has 0 N–H and O–H groups in total. The van der Waals surface area contributed by atoms with E-state index in [-0.39, 0.29) is 5.41 Å². The van der Waals surface area contributed by atoms with Crippen LogP contribution >= 0.6 is 0 Å². The molecule has 0 atom stereocenters. The largest absolute Gasteiger partial charge is 0.310 e. The van der Waals surface area contributed by atoms with Gasteiger partial charge in [0.2, 0.25) is 0 Å². The van der Waals surface area contributed by atoms with Gasteiger partial charge in [0, 0.05) is 22.5 Å². The Morgan fingerprint density at radius 2 is 0.820 bits per heavy atom. The lowest BCUT2D eigenvalue weighted by Gasteiger charge is -2.32. The average Bonchev–Trinajstić information content (AvgIpc) is 3.87. The summed E-state index contributed by atoms with van der Waals surface area (Å²) in [5.41, 5.74) is 21.4. The number of hydrogen-bond acceptors (Lipinski definition) is 1. The zero-order valence-corrected chi connectivity index (χ0v) is 34.2. The summed E-state index contributed by atoms with van der Waals surface area (Å²) in [6.45, 7) is 4.85. The highest BCUT2D eigenvalue weighted by molar-refractivity contribution is 6.05. The molecular formula is C60H41N. The molecule has 0 amide bonds. The van der Waals surface area contributed by atoms with Crippen LogP contribution in [0.4, 0.5) is 17.1 Å². The first kappa shape index (κ1) is 34.4. The van der Waals surface area contributed by atoms with E-state index in [1.807, 2.05) is 0 Å².